The number of hydrogen-bond donors (Lipinski definition) is 2. The number of hydrogen-bond acceptors (Lipinski definition) is 6. The maximum absolute atomic E-state index is 12.6. The molecule has 0 heterocycles. The minimum atomic E-state index is -3.79. The maximum Gasteiger partial charge on any atom is 0.261 e. The first-order chi connectivity index (χ1) is 15.8. The van der Waals surface area contributed by atoms with Crippen LogP contribution in [0.5, 0.6) is 17.2 Å². The summed E-state index contributed by atoms with van der Waals surface area (Å²) >= 11 is 0. The highest BCUT2D eigenvalue weighted by Gasteiger charge is 2.16. The van der Waals surface area contributed by atoms with Crippen LogP contribution >= 0.6 is 0 Å². The van der Waals surface area contributed by atoms with Crippen molar-refractivity contribution < 1.29 is 27.4 Å². The van der Waals surface area contributed by atoms with Crippen LogP contribution in [0.2, 0.25) is 0 Å². The summed E-state index contributed by atoms with van der Waals surface area (Å²) in [4.78, 5) is 12.4. The number of carbonyl (C=O) groups excluding carboxylic acids is 1. The van der Waals surface area contributed by atoms with Gasteiger partial charge in [0.15, 0.2) is 6.61 Å². The second kappa shape index (κ2) is 10.7. The number of carbonyl (C=O) groups is 1. The van der Waals surface area contributed by atoms with E-state index in [1.807, 2.05) is 31.2 Å². The van der Waals surface area contributed by atoms with Crippen molar-refractivity contribution in [2.45, 2.75) is 17.9 Å². The predicted octanol–water partition coefficient (Wildman–Crippen LogP) is 3.76. The summed E-state index contributed by atoms with van der Waals surface area (Å²) < 4.78 is 43.7. The molecular weight excluding hydrogens is 444 g/mol. The van der Waals surface area contributed by atoms with Gasteiger partial charge in [-0.2, -0.15) is 0 Å². The lowest BCUT2D eigenvalue weighted by atomic mass is 10.1. The molecule has 0 aromatic heterocycles. The first kappa shape index (κ1) is 23.9. The summed E-state index contributed by atoms with van der Waals surface area (Å²) in [5.74, 6) is 1.28. The van der Waals surface area contributed by atoms with Gasteiger partial charge in [0.1, 0.15) is 17.2 Å². The highest BCUT2D eigenvalue weighted by molar-refractivity contribution is 7.92. The number of rotatable bonds is 10. The topological polar surface area (TPSA) is 103 Å². The van der Waals surface area contributed by atoms with Crippen molar-refractivity contribution in [3.05, 3.63) is 78.4 Å². The fourth-order valence-corrected chi connectivity index (χ4v) is 4.20. The van der Waals surface area contributed by atoms with E-state index < -0.39 is 10.0 Å². The molecule has 3 aromatic rings. The van der Waals surface area contributed by atoms with Gasteiger partial charge in [0.25, 0.3) is 15.9 Å². The molecule has 0 spiro atoms. The number of para-hydroxylation sites is 1. The van der Waals surface area contributed by atoms with Crippen LogP contribution in [-0.2, 0) is 14.8 Å². The molecule has 0 aliphatic rings. The molecule has 3 rings (SSSR count). The summed E-state index contributed by atoms with van der Waals surface area (Å²) in [6.45, 7) is 1.64. The van der Waals surface area contributed by atoms with Gasteiger partial charge >= 0.3 is 0 Å². The Morgan fingerprint density at radius 1 is 0.909 bits per heavy atom. The summed E-state index contributed by atoms with van der Waals surface area (Å²) in [6.07, 6.45) is 0. The third kappa shape index (κ3) is 6.39. The zero-order valence-electron chi connectivity index (χ0n) is 18.6. The van der Waals surface area contributed by atoms with Gasteiger partial charge in [0.2, 0.25) is 0 Å². The van der Waals surface area contributed by atoms with Crippen molar-refractivity contribution in [2.24, 2.45) is 0 Å². The zero-order chi connectivity index (χ0) is 23.8. The van der Waals surface area contributed by atoms with Gasteiger partial charge in [-0.25, -0.2) is 8.42 Å². The molecule has 1 atom stereocenters. The molecule has 1 amide bonds. The molecule has 0 saturated carbocycles. The third-order valence-electron chi connectivity index (χ3n) is 4.81. The number of nitrogens with one attached hydrogen (secondary N) is 2. The molecule has 8 nitrogen and oxygen atoms in total. The Labute approximate surface area is 193 Å². The van der Waals surface area contributed by atoms with Crippen LogP contribution in [-0.4, -0.2) is 35.2 Å². The van der Waals surface area contributed by atoms with Crippen LogP contribution in [0, 0.1) is 0 Å². The standard InChI is InChI=1S/C24H26N2O6S/c1-17(22-9-4-5-10-23(22)31-3)25-24(27)16-32-19-11-13-21(14-12-19)33(28,29)26-18-7-6-8-20(15-18)30-2/h4-15,17,26H,16H2,1-3H3,(H,25,27)/t17-/m0/s1. The molecule has 0 fully saturated rings. The van der Waals surface area contributed by atoms with E-state index in [0.717, 1.165) is 5.56 Å². The smallest absolute Gasteiger partial charge is 0.261 e. The average molecular weight is 471 g/mol. The van der Waals surface area contributed by atoms with Crippen LogP contribution in [0.15, 0.2) is 77.7 Å². The highest BCUT2D eigenvalue weighted by Crippen LogP contribution is 2.25. The lowest BCUT2D eigenvalue weighted by molar-refractivity contribution is -0.123. The van der Waals surface area contributed by atoms with E-state index >= 15 is 0 Å². The zero-order valence-corrected chi connectivity index (χ0v) is 19.4. The Hall–Kier alpha value is -3.72. The Morgan fingerprint density at radius 2 is 1.64 bits per heavy atom. The Morgan fingerprint density at radius 3 is 2.33 bits per heavy atom. The van der Waals surface area contributed by atoms with E-state index in [2.05, 4.69) is 10.0 Å². The average Bonchev–Trinajstić information content (AvgIpc) is 2.82. The van der Waals surface area contributed by atoms with E-state index in [9.17, 15) is 13.2 Å². The first-order valence-electron chi connectivity index (χ1n) is 10.1. The molecule has 0 aliphatic heterocycles. The minimum absolute atomic E-state index is 0.0620. The van der Waals surface area contributed by atoms with E-state index in [0.29, 0.717) is 22.9 Å². The van der Waals surface area contributed by atoms with Crippen molar-refractivity contribution in [3.8, 4) is 17.2 Å². The van der Waals surface area contributed by atoms with Crippen molar-refractivity contribution in [1.29, 1.82) is 0 Å². The molecule has 0 radical (unpaired) electrons. The second-order valence-electron chi connectivity index (χ2n) is 7.13. The van der Waals surface area contributed by atoms with Crippen molar-refractivity contribution in [3.63, 3.8) is 0 Å². The van der Waals surface area contributed by atoms with Gasteiger partial charge in [-0.05, 0) is 49.4 Å². The molecule has 0 saturated heterocycles. The molecular formula is C24H26N2O6S. The maximum atomic E-state index is 12.6. The van der Waals surface area contributed by atoms with Crippen molar-refractivity contribution in [1.82, 2.24) is 5.32 Å². The number of benzene rings is 3. The monoisotopic (exact) mass is 470 g/mol. The molecule has 0 unspecified atom stereocenters. The fraction of sp³-hybridized carbons (Fsp3) is 0.208. The molecule has 0 aliphatic carbocycles. The van der Waals surface area contributed by atoms with Gasteiger partial charge in [-0.3, -0.25) is 9.52 Å². The number of sulfonamides is 1. The molecule has 2 N–H and O–H groups in total. The molecule has 33 heavy (non-hydrogen) atoms. The van der Waals surface area contributed by atoms with E-state index in [1.165, 1.54) is 31.4 Å². The van der Waals surface area contributed by atoms with Crippen molar-refractivity contribution in [2.75, 3.05) is 25.5 Å². The fourth-order valence-electron chi connectivity index (χ4n) is 3.15. The van der Waals surface area contributed by atoms with E-state index in [-0.39, 0.29) is 23.5 Å². The Kier molecular flexibility index (Phi) is 7.78. The Balaban J connectivity index is 1.57. The van der Waals surface area contributed by atoms with E-state index in [4.69, 9.17) is 14.2 Å². The summed E-state index contributed by atoms with van der Waals surface area (Å²) in [5.41, 5.74) is 1.24. The molecule has 3 aromatic carbocycles. The quantitative estimate of drug-likeness (QED) is 0.468. The van der Waals surface area contributed by atoms with Crippen LogP contribution < -0.4 is 24.2 Å². The summed E-state index contributed by atoms with van der Waals surface area (Å²) in [5, 5.41) is 2.85. The molecule has 174 valence electrons. The Bertz CT molecular complexity index is 1200. The predicted molar refractivity (Wildman–Crippen MR) is 125 cm³/mol. The number of methoxy groups -OCH3 is 2. The van der Waals surface area contributed by atoms with Crippen molar-refractivity contribution >= 4 is 21.6 Å². The highest BCUT2D eigenvalue weighted by atomic mass is 32.2. The number of ether oxygens (including phenoxy) is 3. The van der Waals surface area contributed by atoms with Crippen LogP contribution in [0.25, 0.3) is 0 Å². The SMILES string of the molecule is COc1cccc(NS(=O)(=O)c2ccc(OCC(=O)N[C@@H](C)c3ccccc3OC)cc2)c1. The first-order valence-corrected chi connectivity index (χ1v) is 11.6. The third-order valence-corrected chi connectivity index (χ3v) is 6.21. The minimum Gasteiger partial charge on any atom is -0.497 e. The number of anilines is 1. The lowest BCUT2D eigenvalue weighted by Gasteiger charge is -2.17. The second-order valence-corrected chi connectivity index (χ2v) is 8.81. The van der Waals surface area contributed by atoms with Gasteiger partial charge < -0.3 is 19.5 Å². The van der Waals surface area contributed by atoms with E-state index in [1.54, 1.807) is 31.4 Å². The van der Waals surface area contributed by atoms with Gasteiger partial charge in [-0.15, -0.1) is 0 Å². The van der Waals surface area contributed by atoms with Crippen LogP contribution in [0.1, 0.15) is 18.5 Å². The van der Waals surface area contributed by atoms with Gasteiger partial charge in [0.05, 0.1) is 30.8 Å². The van der Waals surface area contributed by atoms with Crippen LogP contribution in [0.4, 0.5) is 5.69 Å². The summed E-state index contributed by atoms with van der Waals surface area (Å²) in [7, 11) is -0.710. The van der Waals surface area contributed by atoms with Gasteiger partial charge in [-0.1, -0.05) is 24.3 Å². The van der Waals surface area contributed by atoms with Gasteiger partial charge in [0, 0.05) is 11.6 Å². The summed E-state index contributed by atoms with van der Waals surface area (Å²) in [6, 6.07) is 19.6. The number of amides is 1. The normalized spacial score (nSPS) is 11.8. The molecule has 9 heteroatoms. The molecule has 0 bridgehead atoms. The van der Waals surface area contributed by atoms with Crippen LogP contribution in [0.3, 0.4) is 0 Å². The largest absolute Gasteiger partial charge is 0.497 e. The lowest BCUT2D eigenvalue weighted by Crippen LogP contribution is -2.31.